The molecule has 0 bridgehead atoms. The number of nitrogens with zero attached hydrogens (tertiary/aromatic N) is 3. The summed E-state index contributed by atoms with van der Waals surface area (Å²) in [7, 11) is 6.27. The van der Waals surface area contributed by atoms with E-state index < -0.39 is 0 Å². The molecule has 0 radical (unpaired) electrons. The molecule has 0 fully saturated rings. The van der Waals surface area contributed by atoms with E-state index in [0.29, 0.717) is 0 Å². The molecule has 0 atom stereocenters. The van der Waals surface area contributed by atoms with Gasteiger partial charge in [-0.15, -0.1) is 9.20 Å². The number of fused-ring (bicyclic) bond motifs is 5. The molecular formula is C24H22N3+. The van der Waals surface area contributed by atoms with Crippen molar-refractivity contribution in [3.8, 4) is 0 Å². The average molecular weight is 352 g/mol. The Morgan fingerprint density at radius 1 is 0.815 bits per heavy atom. The van der Waals surface area contributed by atoms with Crippen LogP contribution in [0.4, 0.5) is 5.69 Å². The molecule has 0 saturated heterocycles. The maximum Gasteiger partial charge on any atom is 0.239 e. The highest BCUT2D eigenvalue weighted by Crippen LogP contribution is 2.22. The molecule has 27 heavy (non-hydrogen) atoms. The van der Waals surface area contributed by atoms with Gasteiger partial charge in [0.2, 0.25) is 5.52 Å². The second kappa shape index (κ2) is 5.85. The first kappa shape index (κ1) is 15.9. The van der Waals surface area contributed by atoms with Crippen molar-refractivity contribution in [3.63, 3.8) is 0 Å². The van der Waals surface area contributed by atoms with E-state index in [2.05, 4.69) is 114 Å². The molecule has 5 aromatic rings. The standard InChI is InChI=1S/C24H22N3/c1-25(2)18-14-12-17(13-15-18)16-21-19-8-4-7-11-23(19)27-24(21)20-9-5-6-10-22(20)26(27)3/h4-16H,1-3H3/q+1. The van der Waals surface area contributed by atoms with Crippen LogP contribution in [0.2, 0.25) is 0 Å². The summed E-state index contributed by atoms with van der Waals surface area (Å²) in [5.74, 6) is 0. The molecule has 0 aliphatic heterocycles. The topological polar surface area (TPSA) is 11.5 Å². The normalized spacial score (nSPS) is 12.5. The highest BCUT2D eigenvalue weighted by molar-refractivity contribution is 6.01. The number of aryl methyl sites for hydroxylation is 1. The van der Waals surface area contributed by atoms with Gasteiger partial charge in [0.15, 0.2) is 7.05 Å². The first-order chi connectivity index (χ1) is 13.1. The summed E-state index contributed by atoms with van der Waals surface area (Å²) in [6.45, 7) is 0. The van der Waals surface area contributed by atoms with Crippen molar-refractivity contribution in [2.75, 3.05) is 19.0 Å². The average Bonchev–Trinajstić information content (AvgIpc) is 3.17. The van der Waals surface area contributed by atoms with Gasteiger partial charge in [-0.05, 0) is 35.9 Å². The van der Waals surface area contributed by atoms with Crippen molar-refractivity contribution < 1.29 is 4.68 Å². The van der Waals surface area contributed by atoms with Crippen LogP contribution in [0.3, 0.4) is 0 Å². The van der Waals surface area contributed by atoms with Crippen LogP contribution in [0.1, 0.15) is 5.56 Å². The molecule has 3 nitrogen and oxygen atoms in total. The molecule has 2 heterocycles. The van der Waals surface area contributed by atoms with Crippen molar-refractivity contribution in [1.82, 2.24) is 4.52 Å². The summed E-state index contributed by atoms with van der Waals surface area (Å²) < 4.78 is 4.58. The molecule has 132 valence electrons. The van der Waals surface area contributed by atoms with E-state index >= 15 is 0 Å². The van der Waals surface area contributed by atoms with Gasteiger partial charge >= 0.3 is 0 Å². The highest BCUT2D eigenvalue weighted by Gasteiger charge is 2.21. The Morgan fingerprint density at radius 3 is 2.22 bits per heavy atom. The molecule has 0 saturated carbocycles. The van der Waals surface area contributed by atoms with Crippen molar-refractivity contribution >= 4 is 39.1 Å². The first-order valence-corrected chi connectivity index (χ1v) is 9.24. The van der Waals surface area contributed by atoms with Gasteiger partial charge in [-0.2, -0.15) is 0 Å². The van der Waals surface area contributed by atoms with Crippen molar-refractivity contribution in [2.45, 2.75) is 0 Å². The van der Waals surface area contributed by atoms with E-state index in [-0.39, 0.29) is 0 Å². The van der Waals surface area contributed by atoms with Crippen LogP contribution in [-0.2, 0) is 7.05 Å². The monoisotopic (exact) mass is 352 g/mol. The number of hydrogen-bond acceptors (Lipinski definition) is 1. The second-order valence-corrected chi connectivity index (χ2v) is 7.26. The van der Waals surface area contributed by atoms with Crippen molar-refractivity contribution in [3.05, 3.63) is 83.6 Å². The summed E-state index contributed by atoms with van der Waals surface area (Å²) in [5, 5.41) is 3.85. The van der Waals surface area contributed by atoms with Crippen molar-refractivity contribution in [2.24, 2.45) is 7.05 Å². The lowest BCUT2D eigenvalue weighted by molar-refractivity contribution is -0.711. The Balaban J connectivity index is 1.91. The lowest BCUT2D eigenvalue weighted by Gasteiger charge is -2.11. The van der Waals surface area contributed by atoms with E-state index in [1.807, 2.05) is 0 Å². The SMILES string of the molecule is CN(C)c1ccc(/C=c2/c3ccccc3n3c2c2ccccc2[n+]3C)cc1. The third-order valence-electron chi connectivity index (χ3n) is 5.42. The second-order valence-electron chi connectivity index (χ2n) is 7.26. The molecule has 0 aliphatic rings. The Hall–Kier alpha value is -3.33. The molecule has 0 amide bonds. The molecule has 0 aliphatic carbocycles. The molecule has 5 rings (SSSR count). The molecule has 0 spiro atoms. The number of rotatable bonds is 2. The molecule has 2 aromatic heterocycles. The largest absolute Gasteiger partial charge is 0.378 e. The lowest BCUT2D eigenvalue weighted by atomic mass is 10.1. The van der Waals surface area contributed by atoms with Gasteiger partial charge < -0.3 is 4.90 Å². The summed E-state index contributed by atoms with van der Waals surface area (Å²) in [5.41, 5.74) is 6.18. The van der Waals surface area contributed by atoms with Gasteiger partial charge in [0, 0.05) is 36.5 Å². The van der Waals surface area contributed by atoms with Gasteiger partial charge in [0.1, 0.15) is 11.0 Å². The van der Waals surface area contributed by atoms with Crippen LogP contribution in [0.25, 0.3) is 33.4 Å². The van der Waals surface area contributed by atoms with Crippen LogP contribution in [0, 0.1) is 0 Å². The van der Waals surface area contributed by atoms with Crippen LogP contribution < -0.4 is 14.8 Å². The van der Waals surface area contributed by atoms with E-state index in [1.54, 1.807) is 0 Å². The Bertz CT molecular complexity index is 1340. The lowest BCUT2D eigenvalue weighted by Crippen LogP contribution is -2.34. The van der Waals surface area contributed by atoms with Gasteiger partial charge in [0.05, 0.1) is 5.39 Å². The van der Waals surface area contributed by atoms with Crippen LogP contribution in [-0.4, -0.2) is 18.6 Å². The molecule has 3 aromatic carbocycles. The van der Waals surface area contributed by atoms with Crippen LogP contribution in [0.5, 0.6) is 0 Å². The van der Waals surface area contributed by atoms with Gasteiger partial charge in [-0.3, -0.25) is 0 Å². The molecule has 0 N–H and O–H groups in total. The fraction of sp³-hybridized carbons (Fsp3) is 0.125. The number of anilines is 1. The van der Waals surface area contributed by atoms with Gasteiger partial charge in [-0.25, -0.2) is 0 Å². The maximum absolute atomic E-state index is 2.33. The zero-order valence-electron chi connectivity index (χ0n) is 15.8. The fourth-order valence-electron chi connectivity index (χ4n) is 4.06. The Labute approximate surface area is 158 Å². The number of para-hydroxylation sites is 2. The first-order valence-electron chi connectivity index (χ1n) is 9.24. The number of hydrogen-bond donors (Lipinski definition) is 0. The number of aromatic nitrogens is 2. The third kappa shape index (κ3) is 2.32. The minimum absolute atomic E-state index is 1.21. The maximum atomic E-state index is 2.33. The predicted octanol–water partition coefficient (Wildman–Crippen LogP) is 3.68. The Kier molecular flexibility index (Phi) is 3.44. The minimum Gasteiger partial charge on any atom is -0.378 e. The third-order valence-corrected chi connectivity index (χ3v) is 5.42. The summed E-state index contributed by atoms with van der Waals surface area (Å²) in [4.78, 5) is 2.13. The van der Waals surface area contributed by atoms with E-state index in [0.717, 1.165) is 0 Å². The van der Waals surface area contributed by atoms with Crippen LogP contribution >= 0.6 is 0 Å². The minimum atomic E-state index is 1.21. The summed E-state index contributed by atoms with van der Waals surface area (Å²) in [6, 6.07) is 26.0. The molecular weight excluding hydrogens is 330 g/mol. The fourth-order valence-corrected chi connectivity index (χ4v) is 4.06. The molecule has 3 heteroatoms. The van der Waals surface area contributed by atoms with E-state index in [4.69, 9.17) is 0 Å². The smallest absolute Gasteiger partial charge is 0.239 e. The van der Waals surface area contributed by atoms with E-state index in [9.17, 15) is 0 Å². The summed E-state index contributed by atoms with van der Waals surface area (Å²) >= 11 is 0. The van der Waals surface area contributed by atoms with Crippen LogP contribution in [0.15, 0.2) is 72.8 Å². The summed E-state index contributed by atoms with van der Waals surface area (Å²) in [6.07, 6.45) is 2.31. The quantitative estimate of drug-likeness (QED) is 0.441. The van der Waals surface area contributed by atoms with E-state index in [1.165, 1.54) is 43.8 Å². The highest BCUT2D eigenvalue weighted by atomic mass is 15.3. The predicted molar refractivity (Wildman–Crippen MR) is 113 cm³/mol. The zero-order valence-corrected chi connectivity index (χ0v) is 15.8. The number of benzene rings is 3. The van der Waals surface area contributed by atoms with Gasteiger partial charge in [-0.1, -0.05) is 42.5 Å². The van der Waals surface area contributed by atoms with Gasteiger partial charge in [0.25, 0.3) is 0 Å². The van der Waals surface area contributed by atoms with Crippen molar-refractivity contribution in [1.29, 1.82) is 0 Å². The molecule has 0 unspecified atom stereocenters. The zero-order chi connectivity index (χ0) is 18.5. The Morgan fingerprint density at radius 2 is 1.48 bits per heavy atom.